The zero-order valence-corrected chi connectivity index (χ0v) is 12.7. The Balaban J connectivity index is 2.08. The first kappa shape index (κ1) is 14.7. The highest BCUT2D eigenvalue weighted by Crippen LogP contribution is 2.12. The second-order valence-electron chi connectivity index (χ2n) is 5.35. The molecule has 0 aliphatic heterocycles. The predicted octanol–water partition coefficient (Wildman–Crippen LogP) is 1.59. The fraction of sp³-hybridized carbons (Fsp3) is 0.533. The quantitative estimate of drug-likeness (QED) is 0.868. The average Bonchev–Trinajstić information content (AvgIpc) is 2.73. The van der Waals surface area contributed by atoms with Crippen LogP contribution in [0.5, 0.6) is 0 Å². The molecule has 0 amide bonds. The van der Waals surface area contributed by atoms with Crippen LogP contribution in [-0.4, -0.2) is 32.8 Å². The lowest BCUT2D eigenvalue weighted by atomic mass is 9.99. The Morgan fingerprint density at radius 3 is 2.40 bits per heavy atom. The lowest BCUT2D eigenvalue weighted by Gasteiger charge is -2.17. The number of aryl methyl sites for hydroxylation is 3. The first-order valence-corrected chi connectivity index (χ1v) is 7.10. The third kappa shape index (κ3) is 4.13. The maximum Gasteiger partial charge on any atom is 0.176 e. The molecule has 0 fully saturated rings. The number of tetrazole rings is 1. The molecule has 1 N–H and O–H groups in total. The van der Waals surface area contributed by atoms with Gasteiger partial charge in [-0.15, -0.1) is 10.2 Å². The van der Waals surface area contributed by atoms with E-state index in [0.29, 0.717) is 6.04 Å². The first-order chi connectivity index (χ1) is 9.56. The number of likely N-dealkylation sites (N-methyl/N-ethyl adjacent to an activating group) is 1. The third-order valence-electron chi connectivity index (χ3n) is 3.24. The topological polar surface area (TPSA) is 55.6 Å². The molecule has 0 saturated heterocycles. The van der Waals surface area contributed by atoms with Gasteiger partial charge in [0.1, 0.15) is 0 Å². The van der Waals surface area contributed by atoms with Crippen molar-refractivity contribution < 1.29 is 0 Å². The highest BCUT2D eigenvalue weighted by molar-refractivity contribution is 5.29. The molecule has 2 rings (SSSR count). The fourth-order valence-corrected chi connectivity index (χ4v) is 2.60. The van der Waals surface area contributed by atoms with Crippen LogP contribution in [0.15, 0.2) is 18.2 Å². The van der Waals surface area contributed by atoms with Crippen LogP contribution < -0.4 is 5.32 Å². The van der Waals surface area contributed by atoms with Gasteiger partial charge in [-0.2, -0.15) is 4.80 Å². The SMILES string of the molecule is CCNC(Cc1cc(C)cc(C)c1)Cc1nnn(C)n1. The van der Waals surface area contributed by atoms with Crippen LogP contribution >= 0.6 is 0 Å². The summed E-state index contributed by atoms with van der Waals surface area (Å²) in [5.74, 6) is 0.794. The van der Waals surface area contributed by atoms with Gasteiger partial charge in [-0.3, -0.25) is 0 Å². The van der Waals surface area contributed by atoms with Crippen molar-refractivity contribution >= 4 is 0 Å². The summed E-state index contributed by atoms with van der Waals surface area (Å²) in [5.41, 5.74) is 3.98. The highest BCUT2D eigenvalue weighted by Gasteiger charge is 2.13. The predicted molar refractivity (Wildman–Crippen MR) is 79.6 cm³/mol. The molecule has 5 heteroatoms. The Labute approximate surface area is 120 Å². The molecule has 0 radical (unpaired) electrons. The van der Waals surface area contributed by atoms with Gasteiger partial charge in [0.2, 0.25) is 0 Å². The Bertz CT molecular complexity index is 541. The summed E-state index contributed by atoms with van der Waals surface area (Å²) in [6.07, 6.45) is 1.78. The van der Waals surface area contributed by atoms with Crippen LogP contribution in [0.25, 0.3) is 0 Å². The number of aromatic nitrogens is 4. The van der Waals surface area contributed by atoms with E-state index in [2.05, 4.69) is 59.7 Å². The molecule has 5 nitrogen and oxygen atoms in total. The zero-order valence-electron chi connectivity index (χ0n) is 12.7. The van der Waals surface area contributed by atoms with E-state index >= 15 is 0 Å². The monoisotopic (exact) mass is 273 g/mol. The van der Waals surface area contributed by atoms with E-state index in [0.717, 1.165) is 25.2 Å². The molecule has 1 unspecified atom stereocenters. The minimum Gasteiger partial charge on any atom is -0.313 e. The van der Waals surface area contributed by atoms with Gasteiger partial charge < -0.3 is 5.32 Å². The van der Waals surface area contributed by atoms with Crippen molar-refractivity contribution in [3.05, 3.63) is 40.7 Å². The molecule has 1 aromatic heterocycles. The smallest absolute Gasteiger partial charge is 0.176 e. The lowest BCUT2D eigenvalue weighted by Crippen LogP contribution is -2.33. The van der Waals surface area contributed by atoms with Gasteiger partial charge in [0.05, 0.1) is 7.05 Å². The Kier molecular flexibility index (Phi) is 4.84. The van der Waals surface area contributed by atoms with Crippen LogP contribution in [0.4, 0.5) is 0 Å². The summed E-state index contributed by atoms with van der Waals surface area (Å²) < 4.78 is 0. The first-order valence-electron chi connectivity index (χ1n) is 7.10. The van der Waals surface area contributed by atoms with E-state index in [4.69, 9.17) is 0 Å². The van der Waals surface area contributed by atoms with Crippen molar-refractivity contribution in [3.63, 3.8) is 0 Å². The number of nitrogens with one attached hydrogen (secondary N) is 1. The zero-order chi connectivity index (χ0) is 14.5. The lowest BCUT2D eigenvalue weighted by molar-refractivity contribution is 0.509. The maximum absolute atomic E-state index is 4.26. The molecule has 0 bridgehead atoms. The fourth-order valence-electron chi connectivity index (χ4n) is 2.60. The van der Waals surface area contributed by atoms with Crippen molar-refractivity contribution in [2.45, 2.75) is 39.7 Å². The molecule has 0 aliphatic carbocycles. The van der Waals surface area contributed by atoms with Crippen molar-refractivity contribution in [1.29, 1.82) is 0 Å². The van der Waals surface area contributed by atoms with E-state index in [1.807, 2.05) is 0 Å². The van der Waals surface area contributed by atoms with Crippen molar-refractivity contribution in [2.75, 3.05) is 6.54 Å². The normalized spacial score (nSPS) is 12.6. The summed E-state index contributed by atoms with van der Waals surface area (Å²) in [4.78, 5) is 1.51. The van der Waals surface area contributed by atoms with Gasteiger partial charge in [0.15, 0.2) is 5.82 Å². The number of rotatable bonds is 6. The van der Waals surface area contributed by atoms with Crippen molar-refractivity contribution in [1.82, 2.24) is 25.5 Å². The van der Waals surface area contributed by atoms with Crippen LogP contribution in [0.2, 0.25) is 0 Å². The van der Waals surface area contributed by atoms with Gasteiger partial charge in [0, 0.05) is 12.5 Å². The van der Waals surface area contributed by atoms with Gasteiger partial charge in [-0.05, 0) is 37.6 Å². The summed E-state index contributed by atoms with van der Waals surface area (Å²) >= 11 is 0. The number of benzene rings is 1. The molecule has 0 saturated carbocycles. The standard InChI is InChI=1S/C15H23N5/c1-5-16-14(10-15-17-19-20(4)18-15)9-13-7-11(2)6-12(3)8-13/h6-8,14,16H,5,9-10H2,1-4H3. The maximum atomic E-state index is 4.26. The van der Waals surface area contributed by atoms with E-state index in [-0.39, 0.29) is 0 Å². The van der Waals surface area contributed by atoms with Crippen LogP contribution in [0.3, 0.4) is 0 Å². The second-order valence-corrected chi connectivity index (χ2v) is 5.35. The highest BCUT2D eigenvalue weighted by atomic mass is 15.6. The number of hydrogen-bond donors (Lipinski definition) is 1. The number of nitrogens with zero attached hydrogens (tertiary/aromatic N) is 4. The molecule has 1 aromatic carbocycles. The average molecular weight is 273 g/mol. The minimum atomic E-state index is 0.338. The Hall–Kier alpha value is -1.75. The van der Waals surface area contributed by atoms with Gasteiger partial charge in [0.25, 0.3) is 0 Å². The molecule has 0 spiro atoms. The minimum absolute atomic E-state index is 0.338. The van der Waals surface area contributed by atoms with Gasteiger partial charge in [-0.25, -0.2) is 0 Å². The molecule has 108 valence electrons. The van der Waals surface area contributed by atoms with Crippen LogP contribution in [-0.2, 0) is 19.9 Å². The second kappa shape index (κ2) is 6.61. The van der Waals surface area contributed by atoms with Gasteiger partial charge >= 0.3 is 0 Å². The molecule has 0 aliphatic rings. The van der Waals surface area contributed by atoms with Gasteiger partial charge in [-0.1, -0.05) is 36.2 Å². The Morgan fingerprint density at radius 2 is 1.85 bits per heavy atom. The Morgan fingerprint density at radius 1 is 1.15 bits per heavy atom. The molecule has 20 heavy (non-hydrogen) atoms. The largest absolute Gasteiger partial charge is 0.313 e. The van der Waals surface area contributed by atoms with Crippen molar-refractivity contribution in [2.24, 2.45) is 7.05 Å². The van der Waals surface area contributed by atoms with E-state index in [9.17, 15) is 0 Å². The van der Waals surface area contributed by atoms with E-state index < -0.39 is 0 Å². The molecule has 1 heterocycles. The summed E-state index contributed by atoms with van der Waals surface area (Å²) in [7, 11) is 1.79. The van der Waals surface area contributed by atoms with E-state index in [1.165, 1.54) is 21.5 Å². The number of hydrogen-bond acceptors (Lipinski definition) is 4. The molecule has 2 aromatic rings. The summed E-state index contributed by atoms with van der Waals surface area (Å²) in [6.45, 7) is 7.35. The molecule has 1 atom stereocenters. The van der Waals surface area contributed by atoms with Crippen molar-refractivity contribution in [3.8, 4) is 0 Å². The summed E-state index contributed by atoms with van der Waals surface area (Å²) in [5, 5.41) is 15.7. The van der Waals surface area contributed by atoms with Crippen LogP contribution in [0, 0.1) is 13.8 Å². The van der Waals surface area contributed by atoms with E-state index in [1.54, 1.807) is 7.05 Å². The summed E-state index contributed by atoms with van der Waals surface area (Å²) in [6, 6.07) is 7.05. The third-order valence-corrected chi connectivity index (χ3v) is 3.24. The molecular weight excluding hydrogens is 250 g/mol. The molecular formula is C15H23N5. The van der Waals surface area contributed by atoms with Crippen LogP contribution in [0.1, 0.15) is 29.4 Å².